The molecule has 0 aromatic heterocycles. The zero-order valence-electron chi connectivity index (χ0n) is 11.6. The van der Waals surface area contributed by atoms with Crippen molar-refractivity contribution in [3.8, 4) is 0 Å². The normalized spacial score (nSPS) is 9.95. The number of esters is 1. The Morgan fingerprint density at radius 2 is 1.85 bits per heavy atom. The van der Waals surface area contributed by atoms with E-state index in [1.54, 1.807) is 38.2 Å². The van der Waals surface area contributed by atoms with Gasteiger partial charge in [-0.05, 0) is 37.6 Å². The molecule has 0 unspecified atom stereocenters. The third kappa shape index (κ3) is 5.48. The molecular weight excluding hydrogens is 282 g/mol. The highest BCUT2D eigenvalue weighted by molar-refractivity contribution is 6.30. The number of carbonyl (C=O) groups is 2. The van der Waals surface area contributed by atoms with Crippen LogP contribution in [0.2, 0.25) is 5.02 Å². The van der Waals surface area contributed by atoms with Crippen LogP contribution in [0.15, 0.2) is 24.3 Å². The van der Waals surface area contributed by atoms with Crippen LogP contribution in [-0.4, -0.2) is 43.8 Å². The van der Waals surface area contributed by atoms with E-state index in [4.69, 9.17) is 21.1 Å². The van der Waals surface area contributed by atoms with Crippen molar-refractivity contribution in [1.82, 2.24) is 4.90 Å². The molecule has 0 saturated heterocycles. The molecule has 110 valence electrons. The average molecular weight is 300 g/mol. The summed E-state index contributed by atoms with van der Waals surface area (Å²) in [6, 6.07) is 6.48. The van der Waals surface area contributed by atoms with Crippen molar-refractivity contribution in [3.05, 3.63) is 34.9 Å². The van der Waals surface area contributed by atoms with Crippen molar-refractivity contribution in [1.29, 1.82) is 0 Å². The Kier molecular flexibility index (Phi) is 6.87. The summed E-state index contributed by atoms with van der Waals surface area (Å²) in [6.07, 6.45) is 0.172. The molecule has 0 fully saturated rings. The maximum absolute atomic E-state index is 11.7. The average Bonchev–Trinajstić information content (AvgIpc) is 2.44. The van der Waals surface area contributed by atoms with Gasteiger partial charge in [0.05, 0.1) is 18.8 Å². The summed E-state index contributed by atoms with van der Waals surface area (Å²) in [5.41, 5.74) is 0.452. The smallest absolute Gasteiger partial charge is 0.409 e. The van der Waals surface area contributed by atoms with Crippen LogP contribution < -0.4 is 0 Å². The maximum Gasteiger partial charge on any atom is 0.409 e. The lowest BCUT2D eigenvalue weighted by molar-refractivity contribution is 0.0489. The van der Waals surface area contributed by atoms with Gasteiger partial charge in [-0.1, -0.05) is 11.6 Å². The van der Waals surface area contributed by atoms with Crippen LogP contribution in [0.3, 0.4) is 0 Å². The number of rotatable bonds is 6. The molecule has 0 aliphatic carbocycles. The fraction of sp³-hybridized carbons (Fsp3) is 0.429. The van der Waals surface area contributed by atoms with Crippen molar-refractivity contribution in [3.63, 3.8) is 0 Å². The molecule has 1 amide bonds. The lowest BCUT2D eigenvalue weighted by atomic mass is 10.2. The van der Waals surface area contributed by atoms with E-state index < -0.39 is 5.97 Å². The summed E-state index contributed by atoms with van der Waals surface area (Å²) in [5, 5.41) is 0.567. The third-order valence-corrected chi connectivity index (χ3v) is 2.78. The van der Waals surface area contributed by atoms with Gasteiger partial charge < -0.3 is 14.4 Å². The highest BCUT2D eigenvalue weighted by Crippen LogP contribution is 2.10. The lowest BCUT2D eigenvalue weighted by Gasteiger charge is -2.16. The molecule has 20 heavy (non-hydrogen) atoms. The SMILES string of the molecule is CCOC(=O)N(C)CCCOC(=O)c1ccc(Cl)cc1. The van der Waals surface area contributed by atoms with Crippen molar-refractivity contribution in [2.45, 2.75) is 13.3 Å². The molecule has 5 nitrogen and oxygen atoms in total. The molecule has 0 spiro atoms. The van der Waals surface area contributed by atoms with E-state index in [0.29, 0.717) is 30.2 Å². The first-order valence-corrected chi connectivity index (χ1v) is 6.73. The highest BCUT2D eigenvalue weighted by atomic mass is 35.5. The van der Waals surface area contributed by atoms with E-state index in [1.165, 1.54) is 4.90 Å². The Morgan fingerprint density at radius 3 is 2.45 bits per heavy atom. The Hall–Kier alpha value is -1.75. The number of benzene rings is 1. The number of carbonyl (C=O) groups excluding carboxylic acids is 2. The van der Waals surface area contributed by atoms with Crippen LogP contribution in [0.1, 0.15) is 23.7 Å². The zero-order valence-corrected chi connectivity index (χ0v) is 12.4. The van der Waals surface area contributed by atoms with Gasteiger partial charge in [0.2, 0.25) is 0 Å². The summed E-state index contributed by atoms with van der Waals surface area (Å²) in [5.74, 6) is -0.402. The molecule has 0 aliphatic rings. The van der Waals surface area contributed by atoms with Gasteiger partial charge >= 0.3 is 12.1 Å². The van der Waals surface area contributed by atoms with E-state index in [0.717, 1.165) is 0 Å². The molecule has 1 rings (SSSR count). The van der Waals surface area contributed by atoms with Crippen molar-refractivity contribution in [2.24, 2.45) is 0 Å². The van der Waals surface area contributed by atoms with E-state index in [1.807, 2.05) is 0 Å². The Bertz CT molecular complexity index is 447. The van der Waals surface area contributed by atoms with E-state index in [9.17, 15) is 9.59 Å². The van der Waals surface area contributed by atoms with Crippen LogP contribution in [0.4, 0.5) is 4.79 Å². The van der Waals surface area contributed by atoms with Crippen LogP contribution in [0.25, 0.3) is 0 Å². The van der Waals surface area contributed by atoms with Crippen LogP contribution in [0, 0.1) is 0 Å². The molecule has 0 atom stereocenters. The summed E-state index contributed by atoms with van der Waals surface area (Å²) in [6.45, 7) is 2.80. The molecule has 0 aliphatic heterocycles. The van der Waals surface area contributed by atoms with Gasteiger partial charge in [-0.15, -0.1) is 0 Å². The molecule has 1 aromatic carbocycles. The maximum atomic E-state index is 11.7. The Labute approximate surface area is 123 Å². The second kappa shape index (κ2) is 8.43. The first-order chi connectivity index (χ1) is 9.54. The summed E-state index contributed by atoms with van der Waals surface area (Å²) in [7, 11) is 1.64. The first-order valence-electron chi connectivity index (χ1n) is 6.35. The third-order valence-electron chi connectivity index (χ3n) is 2.53. The Balaban J connectivity index is 2.25. The van der Waals surface area contributed by atoms with E-state index in [-0.39, 0.29) is 12.7 Å². The molecule has 0 bridgehead atoms. The van der Waals surface area contributed by atoms with Gasteiger partial charge in [-0.3, -0.25) is 0 Å². The monoisotopic (exact) mass is 299 g/mol. The predicted molar refractivity (Wildman–Crippen MR) is 76.0 cm³/mol. The quantitative estimate of drug-likeness (QED) is 0.598. The van der Waals surface area contributed by atoms with E-state index in [2.05, 4.69) is 0 Å². The zero-order chi connectivity index (χ0) is 15.0. The number of hydrogen-bond donors (Lipinski definition) is 0. The minimum atomic E-state index is -0.402. The van der Waals surface area contributed by atoms with Crippen LogP contribution in [0.5, 0.6) is 0 Å². The topological polar surface area (TPSA) is 55.8 Å². The van der Waals surface area contributed by atoms with Gasteiger partial charge in [0.1, 0.15) is 0 Å². The number of nitrogens with zero attached hydrogens (tertiary/aromatic N) is 1. The first kappa shape index (κ1) is 16.3. The number of amides is 1. The van der Waals surface area contributed by atoms with Crippen molar-refractivity contribution >= 4 is 23.7 Å². The van der Waals surface area contributed by atoms with Gasteiger partial charge in [-0.2, -0.15) is 0 Å². The van der Waals surface area contributed by atoms with Crippen LogP contribution >= 0.6 is 11.6 Å². The molecule has 0 heterocycles. The second-order valence-electron chi connectivity index (χ2n) is 4.12. The largest absolute Gasteiger partial charge is 0.462 e. The molecule has 0 N–H and O–H groups in total. The number of ether oxygens (including phenoxy) is 2. The fourth-order valence-electron chi connectivity index (χ4n) is 1.46. The summed E-state index contributed by atoms with van der Waals surface area (Å²) < 4.78 is 9.93. The van der Waals surface area contributed by atoms with Crippen molar-refractivity contribution in [2.75, 3.05) is 26.8 Å². The second-order valence-corrected chi connectivity index (χ2v) is 4.55. The van der Waals surface area contributed by atoms with Crippen LogP contribution in [-0.2, 0) is 9.47 Å². The van der Waals surface area contributed by atoms with E-state index >= 15 is 0 Å². The standard InChI is InChI=1S/C14H18ClNO4/c1-3-19-14(18)16(2)9-4-10-20-13(17)11-5-7-12(15)8-6-11/h5-8H,3-4,9-10H2,1-2H3. The summed E-state index contributed by atoms with van der Waals surface area (Å²) >= 11 is 5.73. The van der Waals surface area contributed by atoms with Gasteiger partial charge in [0.25, 0.3) is 0 Å². The minimum Gasteiger partial charge on any atom is -0.462 e. The molecule has 6 heteroatoms. The number of halogens is 1. The van der Waals surface area contributed by atoms with Crippen molar-refractivity contribution < 1.29 is 19.1 Å². The fourth-order valence-corrected chi connectivity index (χ4v) is 1.59. The number of hydrogen-bond acceptors (Lipinski definition) is 4. The van der Waals surface area contributed by atoms with Gasteiger partial charge in [-0.25, -0.2) is 9.59 Å². The molecule has 1 aromatic rings. The minimum absolute atomic E-state index is 0.241. The van der Waals surface area contributed by atoms with Gasteiger partial charge in [0.15, 0.2) is 0 Å². The lowest BCUT2D eigenvalue weighted by Crippen LogP contribution is -2.29. The van der Waals surface area contributed by atoms with Gasteiger partial charge in [0, 0.05) is 18.6 Å². The molecule has 0 saturated carbocycles. The molecular formula is C14H18ClNO4. The summed E-state index contributed by atoms with van der Waals surface area (Å²) in [4.78, 5) is 24.4. The predicted octanol–water partition coefficient (Wildman–Crippen LogP) is 2.98. The Morgan fingerprint density at radius 1 is 1.20 bits per heavy atom. The molecule has 0 radical (unpaired) electrons. The highest BCUT2D eigenvalue weighted by Gasteiger charge is 2.10.